The predicted octanol–water partition coefficient (Wildman–Crippen LogP) is -0.485. The van der Waals surface area contributed by atoms with Gasteiger partial charge in [0.05, 0.1) is 12.1 Å². The van der Waals surface area contributed by atoms with Crippen molar-refractivity contribution in [2.24, 2.45) is 10.7 Å². The lowest BCUT2D eigenvalue weighted by Crippen LogP contribution is -2.48. The van der Waals surface area contributed by atoms with Crippen molar-refractivity contribution in [3.8, 4) is 0 Å². The van der Waals surface area contributed by atoms with E-state index >= 15 is 0 Å². The van der Waals surface area contributed by atoms with E-state index in [1.807, 2.05) is 0 Å². The van der Waals surface area contributed by atoms with Gasteiger partial charge in [-0.1, -0.05) is 0 Å². The van der Waals surface area contributed by atoms with Crippen molar-refractivity contribution < 1.29 is 26.8 Å². The second-order valence-electron chi connectivity index (χ2n) is 5.44. The molecule has 0 aromatic carbocycles. The number of hydrogen-bond donors (Lipinski definition) is 3. The van der Waals surface area contributed by atoms with E-state index in [0.717, 1.165) is 0 Å². The molecule has 2 atom stereocenters. The number of nitrogens with one attached hydrogen (secondary N) is 1. The lowest BCUT2D eigenvalue weighted by atomic mass is 10.0. The predicted molar refractivity (Wildman–Crippen MR) is 80.1 cm³/mol. The molecule has 2 aliphatic rings. The van der Waals surface area contributed by atoms with Gasteiger partial charge in [-0.15, -0.1) is 4.28 Å². The van der Waals surface area contributed by atoms with Gasteiger partial charge in [-0.25, -0.2) is 4.79 Å². The van der Waals surface area contributed by atoms with Crippen LogP contribution in [0, 0.1) is 0 Å². The van der Waals surface area contributed by atoms with E-state index < -0.39 is 34.4 Å². The quantitative estimate of drug-likeness (QED) is 0.373. The maximum atomic E-state index is 12.2. The molecule has 24 heavy (non-hydrogen) atoms. The molecular formula is C12H15N5O6S. The fraction of sp³-hybridized carbons (Fsp3) is 0.417. The van der Waals surface area contributed by atoms with Crippen LogP contribution in [0.2, 0.25) is 0 Å². The van der Waals surface area contributed by atoms with E-state index in [0.29, 0.717) is 17.9 Å². The molecule has 12 heteroatoms. The summed E-state index contributed by atoms with van der Waals surface area (Å²) in [6.07, 6.45) is 2.34. The third kappa shape index (κ3) is 3.11. The molecule has 0 saturated carbocycles. The minimum Gasteiger partial charge on any atom is -0.385 e. The SMILES string of the molecule is NC(=NC(=O)c1ccc[nH]1)[C@@H]1CC[C@@H]2CN1C(=O)N2OS(=O)(=O)O. The Balaban J connectivity index is 1.77. The highest BCUT2D eigenvalue weighted by atomic mass is 32.3. The normalized spacial score (nSPS) is 24.5. The van der Waals surface area contributed by atoms with Gasteiger partial charge in [-0.2, -0.15) is 18.5 Å². The van der Waals surface area contributed by atoms with Gasteiger partial charge in [-0.3, -0.25) is 9.35 Å². The number of carbonyl (C=O) groups is 2. The number of carbonyl (C=O) groups excluding carboxylic acids is 2. The van der Waals surface area contributed by atoms with Crippen LogP contribution in [0.15, 0.2) is 23.3 Å². The van der Waals surface area contributed by atoms with Crippen LogP contribution in [-0.4, -0.2) is 64.3 Å². The first-order valence-electron chi connectivity index (χ1n) is 7.05. The molecule has 2 saturated heterocycles. The molecule has 0 radical (unpaired) electrons. The van der Waals surface area contributed by atoms with E-state index in [-0.39, 0.29) is 18.1 Å². The maximum Gasteiger partial charge on any atom is 0.418 e. The number of amidine groups is 1. The van der Waals surface area contributed by atoms with Crippen LogP contribution in [0.3, 0.4) is 0 Å². The third-order valence-electron chi connectivity index (χ3n) is 3.90. The van der Waals surface area contributed by atoms with Gasteiger partial charge in [0, 0.05) is 12.7 Å². The topological polar surface area (TPSA) is 158 Å². The lowest BCUT2D eigenvalue weighted by Gasteiger charge is -2.29. The molecular weight excluding hydrogens is 342 g/mol. The number of piperidine rings is 1. The summed E-state index contributed by atoms with van der Waals surface area (Å²) in [7, 11) is -4.81. The molecule has 2 aliphatic heterocycles. The van der Waals surface area contributed by atoms with E-state index in [4.69, 9.17) is 10.3 Å². The van der Waals surface area contributed by atoms with Gasteiger partial charge in [0.15, 0.2) is 0 Å². The average molecular weight is 357 g/mol. The van der Waals surface area contributed by atoms with Crippen LogP contribution < -0.4 is 5.73 Å². The fourth-order valence-electron chi connectivity index (χ4n) is 2.85. The number of hydroxylamine groups is 2. The Morgan fingerprint density at radius 3 is 2.83 bits per heavy atom. The van der Waals surface area contributed by atoms with Gasteiger partial charge in [0.25, 0.3) is 5.91 Å². The minimum atomic E-state index is -4.81. The number of H-pyrrole nitrogens is 1. The van der Waals surface area contributed by atoms with E-state index in [9.17, 15) is 18.0 Å². The largest absolute Gasteiger partial charge is 0.418 e. The van der Waals surface area contributed by atoms with Crippen molar-refractivity contribution in [2.45, 2.75) is 24.9 Å². The first-order chi connectivity index (χ1) is 11.3. The second-order valence-corrected chi connectivity index (χ2v) is 6.44. The van der Waals surface area contributed by atoms with Crippen molar-refractivity contribution in [3.05, 3.63) is 24.0 Å². The summed E-state index contributed by atoms with van der Waals surface area (Å²) in [5.41, 5.74) is 6.13. The third-order valence-corrected chi connectivity index (χ3v) is 4.25. The summed E-state index contributed by atoms with van der Waals surface area (Å²) in [5, 5.41) is 0.607. The molecule has 0 unspecified atom stereocenters. The monoisotopic (exact) mass is 357 g/mol. The number of urea groups is 1. The molecule has 4 N–H and O–H groups in total. The lowest BCUT2D eigenvalue weighted by molar-refractivity contribution is -0.0316. The molecule has 0 aliphatic carbocycles. The average Bonchev–Trinajstić information content (AvgIpc) is 3.11. The molecule has 1 aromatic heterocycles. The number of aromatic amines is 1. The number of rotatable bonds is 4. The molecule has 3 heterocycles. The Morgan fingerprint density at radius 2 is 2.21 bits per heavy atom. The zero-order valence-corrected chi connectivity index (χ0v) is 13.1. The Bertz CT molecular complexity index is 789. The molecule has 11 nitrogen and oxygen atoms in total. The van der Waals surface area contributed by atoms with E-state index in [1.165, 1.54) is 4.90 Å². The summed E-state index contributed by atoms with van der Waals surface area (Å²) in [6.45, 7) is 0.159. The number of aliphatic imine (C=N–C) groups is 1. The first kappa shape index (κ1) is 16.4. The van der Waals surface area contributed by atoms with Crippen molar-refractivity contribution in [3.63, 3.8) is 0 Å². The van der Waals surface area contributed by atoms with Gasteiger partial charge >= 0.3 is 16.4 Å². The van der Waals surface area contributed by atoms with Crippen LogP contribution in [0.4, 0.5) is 4.79 Å². The molecule has 2 fully saturated rings. The number of nitrogens with zero attached hydrogens (tertiary/aromatic N) is 3. The molecule has 2 bridgehead atoms. The Kier molecular flexibility index (Phi) is 4.03. The highest BCUT2D eigenvalue weighted by Gasteiger charge is 2.48. The maximum absolute atomic E-state index is 12.2. The van der Waals surface area contributed by atoms with Crippen LogP contribution in [0.25, 0.3) is 0 Å². The molecule has 1 aromatic rings. The highest BCUT2D eigenvalue weighted by Crippen LogP contribution is 2.30. The smallest absolute Gasteiger partial charge is 0.385 e. The van der Waals surface area contributed by atoms with E-state index in [1.54, 1.807) is 18.3 Å². The van der Waals surface area contributed by atoms with Crippen molar-refractivity contribution in [1.29, 1.82) is 0 Å². The Hall–Kier alpha value is -2.44. The van der Waals surface area contributed by atoms with Gasteiger partial charge in [-0.05, 0) is 25.0 Å². The minimum absolute atomic E-state index is 0.0462. The number of aromatic nitrogens is 1. The zero-order chi connectivity index (χ0) is 17.5. The molecule has 0 spiro atoms. The summed E-state index contributed by atoms with van der Waals surface area (Å²) >= 11 is 0. The van der Waals surface area contributed by atoms with Crippen LogP contribution in [-0.2, 0) is 14.7 Å². The summed E-state index contributed by atoms with van der Waals surface area (Å²) in [5.74, 6) is -0.618. The molecule has 3 amide bonds. The Labute approximate surface area is 137 Å². The zero-order valence-electron chi connectivity index (χ0n) is 12.3. The number of hydrogen-bond acceptors (Lipinski definition) is 5. The fourth-order valence-corrected chi connectivity index (χ4v) is 3.24. The van der Waals surface area contributed by atoms with Crippen LogP contribution in [0.1, 0.15) is 23.3 Å². The number of fused-ring (bicyclic) bond motifs is 2. The highest BCUT2D eigenvalue weighted by molar-refractivity contribution is 7.80. The number of amides is 3. The Morgan fingerprint density at radius 1 is 1.46 bits per heavy atom. The molecule has 3 rings (SSSR count). The van der Waals surface area contributed by atoms with Crippen molar-refractivity contribution >= 4 is 28.2 Å². The van der Waals surface area contributed by atoms with E-state index in [2.05, 4.69) is 14.3 Å². The van der Waals surface area contributed by atoms with Crippen LogP contribution in [0.5, 0.6) is 0 Å². The first-order valence-corrected chi connectivity index (χ1v) is 8.41. The standard InChI is InChI=1S/C12H15N5O6S/c13-10(15-11(18)8-2-1-5-14-8)9-4-3-7-6-16(9)12(19)17(7)23-24(20,21)22/h1-2,5,7,9,14H,3-4,6H2,(H2,13,15,18)(H,20,21,22)/t7-,9+/m1/s1. The van der Waals surface area contributed by atoms with Gasteiger partial charge in [0.2, 0.25) is 0 Å². The summed E-state index contributed by atoms with van der Waals surface area (Å²) in [6, 6.07) is 1.24. The second kappa shape index (κ2) is 5.89. The summed E-state index contributed by atoms with van der Waals surface area (Å²) in [4.78, 5) is 32.0. The van der Waals surface area contributed by atoms with Crippen molar-refractivity contribution in [2.75, 3.05) is 6.54 Å². The van der Waals surface area contributed by atoms with Gasteiger partial charge < -0.3 is 15.6 Å². The van der Waals surface area contributed by atoms with Crippen LogP contribution >= 0.6 is 0 Å². The number of nitrogens with two attached hydrogens (primary N) is 1. The van der Waals surface area contributed by atoms with Gasteiger partial charge in [0.1, 0.15) is 11.5 Å². The molecule has 130 valence electrons. The summed E-state index contributed by atoms with van der Waals surface area (Å²) < 4.78 is 34.7. The van der Waals surface area contributed by atoms with Crippen molar-refractivity contribution in [1.82, 2.24) is 14.9 Å².